The molecule has 0 spiro atoms. The van der Waals surface area contributed by atoms with Crippen LogP contribution in [0.2, 0.25) is 0 Å². The maximum atomic E-state index is 12.5. The third kappa shape index (κ3) is 4.85. The van der Waals surface area contributed by atoms with Crippen LogP contribution in [-0.2, 0) is 17.6 Å². The lowest BCUT2D eigenvalue weighted by Gasteiger charge is -2.26. The molecule has 2 rings (SSSR count). The minimum atomic E-state index is -0.967. The third-order valence-electron chi connectivity index (χ3n) is 4.62. The summed E-state index contributed by atoms with van der Waals surface area (Å²) in [4.78, 5) is 25.5. The highest BCUT2D eigenvalue weighted by molar-refractivity contribution is 5.89. The summed E-state index contributed by atoms with van der Waals surface area (Å²) in [7, 11) is 3.42. The molecule has 1 N–H and O–H groups in total. The lowest BCUT2D eigenvalue weighted by molar-refractivity contribution is -0.131. The van der Waals surface area contributed by atoms with Gasteiger partial charge in [0.15, 0.2) is 0 Å². The number of para-hydroxylation sites is 1. The average Bonchev–Trinajstić information content (AvgIpc) is 2.65. The molecular formula is C21H25NO4. The molecule has 0 saturated heterocycles. The van der Waals surface area contributed by atoms with Gasteiger partial charge in [-0.25, -0.2) is 4.79 Å². The average molecular weight is 355 g/mol. The molecule has 2 aromatic rings. The van der Waals surface area contributed by atoms with Crippen LogP contribution in [0.3, 0.4) is 0 Å². The molecular weight excluding hydrogens is 330 g/mol. The van der Waals surface area contributed by atoms with Crippen LogP contribution in [0.1, 0.15) is 34.8 Å². The molecule has 0 radical (unpaired) electrons. The van der Waals surface area contributed by atoms with Gasteiger partial charge in [-0.15, -0.1) is 0 Å². The maximum Gasteiger partial charge on any atom is 0.335 e. The van der Waals surface area contributed by atoms with Crippen molar-refractivity contribution in [2.24, 2.45) is 0 Å². The molecule has 5 heteroatoms. The zero-order valence-electron chi connectivity index (χ0n) is 15.4. The van der Waals surface area contributed by atoms with Gasteiger partial charge in [-0.3, -0.25) is 4.79 Å². The molecule has 138 valence electrons. The molecule has 0 fully saturated rings. The number of hydrogen-bond donors (Lipinski definition) is 1. The van der Waals surface area contributed by atoms with Crippen molar-refractivity contribution >= 4 is 11.9 Å². The van der Waals surface area contributed by atoms with Crippen LogP contribution in [0.5, 0.6) is 5.75 Å². The standard InChI is InChI=1S/C21H25NO4/c1-15(14-17-9-5-7-11-19(17)26-3)22(2)20(23)13-12-16-8-4-6-10-18(16)21(24)25/h4-11,15H,12-14H2,1-3H3,(H,24,25). The first-order chi connectivity index (χ1) is 12.4. The van der Waals surface area contributed by atoms with Crippen LogP contribution < -0.4 is 4.74 Å². The molecule has 1 amide bonds. The van der Waals surface area contributed by atoms with Gasteiger partial charge in [0.25, 0.3) is 0 Å². The zero-order chi connectivity index (χ0) is 19.1. The van der Waals surface area contributed by atoms with Gasteiger partial charge in [0.05, 0.1) is 12.7 Å². The van der Waals surface area contributed by atoms with Crippen molar-refractivity contribution in [3.8, 4) is 5.75 Å². The van der Waals surface area contributed by atoms with Crippen LogP contribution in [0.4, 0.5) is 0 Å². The van der Waals surface area contributed by atoms with Crippen LogP contribution >= 0.6 is 0 Å². The maximum absolute atomic E-state index is 12.5. The van der Waals surface area contributed by atoms with E-state index in [9.17, 15) is 14.7 Å². The summed E-state index contributed by atoms with van der Waals surface area (Å²) in [6, 6.07) is 14.6. The van der Waals surface area contributed by atoms with E-state index in [4.69, 9.17) is 4.74 Å². The molecule has 26 heavy (non-hydrogen) atoms. The van der Waals surface area contributed by atoms with E-state index in [1.165, 1.54) is 0 Å². The summed E-state index contributed by atoms with van der Waals surface area (Å²) in [6.45, 7) is 2.00. The molecule has 5 nitrogen and oxygen atoms in total. The molecule has 1 atom stereocenters. The number of ether oxygens (including phenoxy) is 1. The van der Waals surface area contributed by atoms with Crippen LogP contribution in [0.15, 0.2) is 48.5 Å². The molecule has 2 aromatic carbocycles. The normalized spacial score (nSPS) is 11.7. The molecule has 0 saturated carbocycles. The first-order valence-electron chi connectivity index (χ1n) is 8.62. The van der Waals surface area contributed by atoms with Gasteiger partial charge in [-0.05, 0) is 43.0 Å². The largest absolute Gasteiger partial charge is 0.496 e. The Morgan fingerprint density at radius 2 is 1.69 bits per heavy atom. The molecule has 0 heterocycles. The topological polar surface area (TPSA) is 66.8 Å². The number of aromatic carboxylic acids is 1. The highest BCUT2D eigenvalue weighted by Gasteiger charge is 2.18. The molecule has 0 aliphatic carbocycles. The third-order valence-corrected chi connectivity index (χ3v) is 4.62. The second-order valence-electron chi connectivity index (χ2n) is 6.33. The minimum Gasteiger partial charge on any atom is -0.496 e. The molecule has 0 aliphatic heterocycles. The number of likely N-dealkylation sites (N-methyl/N-ethyl adjacent to an activating group) is 1. The van der Waals surface area contributed by atoms with Gasteiger partial charge in [-0.1, -0.05) is 36.4 Å². The van der Waals surface area contributed by atoms with E-state index in [2.05, 4.69) is 0 Å². The molecule has 1 unspecified atom stereocenters. The molecule has 0 aromatic heterocycles. The Kier molecular flexibility index (Phi) is 6.78. The number of carboxylic acid groups (broad SMARTS) is 1. The van der Waals surface area contributed by atoms with E-state index in [0.717, 1.165) is 11.3 Å². The van der Waals surface area contributed by atoms with Gasteiger partial charge in [-0.2, -0.15) is 0 Å². The second kappa shape index (κ2) is 9.04. The summed E-state index contributed by atoms with van der Waals surface area (Å²) >= 11 is 0. The number of carbonyl (C=O) groups excluding carboxylic acids is 1. The van der Waals surface area contributed by atoms with E-state index in [1.54, 1.807) is 43.3 Å². The summed E-state index contributed by atoms with van der Waals surface area (Å²) in [5.41, 5.74) is 1.99. The van der Waals surface area contributed by atoms with Gasteiger partial charge >= 0.3 is 5.97 Å². The highest BCUT2D eigenvalue weighted by atomic mass is 16.5. The summed E-state index contributed by atoms with van der Waals surface area (Å²) in [6.07, 6.45) is 1.38. The van der Waals surface area contributed by atoms with E-state index in [0.29, 0.717) is 18.4 Å². The fourth-order valence-corrected chi connectivity index (χ4v) is 2.94. The van der Waals surface area contributed by atoms with Gasteiger partial charge in [0, 0.05) is 19.5 Å². The summed E-state index contributed by atoms with van der Waals surface area (Å²) in [5, 5.41) is 9.23. The lowest BCUT2D eigenvalue weighted by Crippen LogP contribution is -2.36. The number of nitrogens with zero attached hydrogens (tertiary/aromatic N) is 1. The molecule has 0 aliphatic rings. The number of hydrogen-bond acceptors (Lipinski definition) is 3. The van der Waals surface area contributed by atoms with Gasteiger partial charge < -0.3 is 14.7 Å². The van der Waals surface area contributed by atoms with Crippen molar-refractivity contribution in [3.05, 3.63) is 65.2 Å². The number of methoxy groups -OCH3 is 1. The quantitative estimate of drug-likeness (QED) is 0.788. The first-order valence-corrected chi connectivity index (χ1v) is 8.62. The van der Waals surface area contributed by atoms with Crippen molar-refractivity contribution in [1.29, 1.82) is 0 Å². The van der Waals surface area contributed by atoms with Crippen LogP contribution in [0.25, 0.3) is 0 Å². The Balaban J connectivity index is 1.98. The SMILES string of the molecule is COc1ccccc1CC(C)N(C)C(=O)CCc1ccccc1C(=O)O. The van der Waals surface area contributed by atoms with Crippen molar-refractivity contribution in [2.75, 3.05) is 14.2 Å². The highest BCUT2D eigenvalue weighted by Crippen LogP contribution is 2.20. The minimum absolute atomic E-state index is 0.00686. The number of benzene rings is 2. The van der Waals surface area contributed by atoms with Crippen molar-refractivity contribution in [1.82, 2.24) is 4.90 Å². The number of carbonyl (C=O) groups is 2. The van der Waals surface area contributed by atoms with Crippen molar-refractivity contribution in [2.45, 2.75) is 32.2 Å². The lowest BCUT2D eigenvalue weighted by atomic mass is 10.0. The predicted octanol–water partition coefficient (Wildman–Crippen LogP) is 3.42. The first kappa shape index (κ1) is 19.5. The monoisotopic (exact) mass is 355 g/mol. The van der Waals surface area contributed by atoms with E-state index in [1.807, 2.05) is 31.2 Å². The Labute approximate surface area is 154 Å². The van der Waals surface area contributed by atoms with E-state index < -0.39 is 5.97 Å². The van der Waals surface area contributed by atoms with Crippen molar-refractivity contribution in [3.63, 3.8) is 0 Å². The second-order valence-corrected chi connectivity index (χ2v) is 6.33. The summed E-state index contributed by atoms with van der Waals surface area (Å²) < 4.78 is 5.37. The van der Waals surface area contributed by atoms with Crippen LogP contribution in [0, 0.1) is 0 Å². The Morgan fingerprint density at radius 1 is 1.08 bits per heavy atom. The number of aryl methyl sites for hydroxylation is 1. The van der Waals surface area contributed by atoms with E-state index in [-0.39, 0.29) is 23.9 Å². The Bertz CT molecular complexity index is 772. The number of carboxylic acids is 1. The van der Waals surface area contributed by atoms with Crippen molar-refractivity contribution < 1.29 is 19.4 Å². The van der Waals surface area contributed by atoms with Gasteiger partial charge in [0.1, 0.15) is 5.75 Å². The Hall–Kier alpha value is -2.82. The number of amides is 1. The predicted molar refractivity (Wildman–Crippen MR) is 101 cm³/mol. The zero-order valence-corrected chi connectivity index (χ0v) is 15.4. The molecule has 0 bridgehead atoms. The Morgan fingerprint density at radius 3 is 2.35 bits per heavy atom. The summed E-state index contributed by atoms with van der Waals surface area (Å²) in [5.74, 6) is -0.158. The number of rotatable bonds is 8. The fourth-order valence-electron chi connectivity index (χ4n) is 2.94. The smallest absolute Gasteiger partial charge is 0.335 e. The fraction of sp³-hybridized carbons (Fsp3) is 0.333. The van der Waals surface area contributed by atoms with E-state index >= 15 is 0 Å². The van der Waals surface area contributed by atoms with Gasteiger partial charge in [0.2, 0.25) is 5.91 Å². The van der Waals surface area contributed by atoms with Crippen LogP contribution in [-0.4, -0.2) is 42.1 Å².